The largest absolute Gasteiger partial charge is 0.508 e. The molecule has 2 heterocycles. The fourth-order valence-corrected chi connectivity index (χ4v) is 3.51. The Morgan fingerprint density at radius 1 is 1.15 bits per heavy atom. The summed E-state index contributed by atoms with van der Waals surface area (Å²) in [5.74, 6) is 1.20. The maximum Gasteiger partial charge on any atom is 0.254 e. The number of carbonyl (C=O) groups excluding carboxylic acids is 1. The van der Waals surface area contributed by atoms with Crippen LogP contribution >= 0.6 is 0 Å². The number of aromatic hydroxyl groups is 1. The minimum atomic E-state index is -0.0413. The number of hydrogen-bond donors (Lipinski definition) is 2. The second-order valence-corrected chi connectivity index (χ2v) is 6.69. The molecule has 0 saturated carbocycles. The van der Waals surface area contributed by atoms with Crippen molar-refractivity contribution < 1.29 is 9.90 Å². The van der Waals surface area contributed by atoms with Gasteiger partial charge in [-0.25, -0.2) is 4.98 Å². The van der Waals surface area contributed by atoms with Crippen molar-refractivity contribution in [1.29, 1.82) is 0 Å². The molecule has 2 aromatic carbocycles. The smallest absolute Gasteiger partial charge is 0.254 e. The first-order valence-corrected chi connectivity index (χ1v) is 8.89. The summed E-state index contributed by atoms with van der Waals surface area (Å²) in [4.78, 5) is 22.6. The Morgan fingerprint density at radius 2 is 2.00 bits per heavy atom. The summed E-state index contributed by atoms with van der Waals surface area (Å²) in [7, 11) is 0. The zero-order valence-electron chi connectivity index (χ0n) is 14.4. The molecule has 0 radical (unpaired) electrons. The number of nitrogens with zero attached hydrogens (tertiary/aromatic N) is 2. The predicted molar refractivity (Wildman–Crippen MR) is 100 cm³/mol. The zero-order valence-corrected chi connectivity index (χ0v) is 14.4. The minimum absolute atomic E-state index is 0.0413. The van der Waals surface area contributed by atoms with Crippen LogP contribution in [-0.4, -0.2) is 39.0 Å². The van der Waals surface area contributed by atoms with Gasteiger partial charge < -0.3 is 15.0 Å². The van der Waals surface area contributed by atoms with Gasteiger partial charge in [-0.2, -0.15) is 0 Å². The van der Waals surface area contributed by atoms with Gasteiger partial charge in [0.25, 0.3) is 5.91 Å². The van der Waals surface area contributed by atoms with E-state index in [-0.39, 0.29) is 17.6 Å². The Bertz CT molecular complexity index is 904. The molecule has 26 heavy (non-hydrogen) atoms. The van der Waals surface area contributed by atoms with Gasteiger partial charge in [0.15, 0.2) is 0 Å². The Balaban J connectivity index is 1.50. The van der Waals surface area contributed by atoms with Crippen molar-refractivity contribution >= 4 is 5.91 Å². The van der Waals surface area contributed by atoms with Gasteiger partial charge in [0, 0.05) is 24.6 Å². The molecule has 2 N–H and O–H groups in total. The molecule has 1 atom stereocenters. The molecule has 1 saturated heterocycles. The average Bonchev–Trinajstić information content (AvgIpc) is 3.18. The Kier molecular flexibility index (Phi) is 4.44. The lowest BCUT2D eigenvalue weighted by atomic mass is 9.96. The quantitative estimate of drug-likeness (QED) is 0.757. The van der Waals surface area contributed by atoms with Crippen molar-refractivity contribution in [2.75, 3.05) is 13.1 Å². The van der Waals surface area contributed by atoms with Gasteiger partial charge in [-0.15, -0.1) is 0 Å². The van der Waals surface area contributed by atoms with Gasteiger partial charge in [-0.3, -0.25) is 4.79 Å². The van der Waals surface area contributed by atoms with E-state index in [4.69, 9.17) is 0 Å². The molecule has 0 spiro atoms. The van der Waals surface area contributed by atoms with Crippen LogP contribution in [0.25, 0.3) is 11.3 Å². The standard InChI is InChI=1S/C21H21N3O2/c25-18-10-4-8-16(12-18)21(26)24-11-5-9-17(14-24)20-22-13-19(23-20)15-6-2-1-3-7-15/h1-4,6-8,10,12-13,17,25H,5,9,11,14H2,(H,22,23)/t17-/m1/s1. The first kappa shape index (κ1) is 16.4. The van der Waals surface area contributed by atoms with Crippen LogP contribution in [0.5, 0.6) is 5.75 Å². The normalized spacial score (nSPS) is 17.2. The van der Waals surface area contributed by atoms with Crippen LogP contribution in [0.4, 0.5) is 0 Å². The highest BCUT2D eigenvalue weighted by Crippen LogP contribution is 2.28. The Morgan fingerprint density at radius 3 is 2.81 bits per heavy atom. The molecular weight excluding hydrogens is 326 g/mol. The monoisotopic (exact) mass is 347 g/mol. The van der Waals surface area contributed by atoms with Crippen molar-refractivity contribution in [2.45, 2.75) is 18.8 Å². The van der Waals surface area contributed by atoms with Crippen molar-refractivity contribution in [2.24, 2.45) is 0 Å². The summed E-state index contributed by atoms with van der Waals surface area (Å²) in [5, 5.41) is 9.62. The van der Waals surface area contributed by atoms with Crippen molar-refractivity contribution in [3.63, 3.8) is 0 Å². The number of piperidine rings is 1. The van der Waals surface area contributed by atoms with Gasteiger partial charge >= 0.3 is 0 Å². The van der Waals surface area contributed by atoms with Crippen molar-refractivity contribution in [1.82, 2.24) is 14.9 Å². The van der Waals surface area contributed by atoms with E-state index in [9.17, 15) is 9.90 Å². The Labute approximate surface area is 152 Å². The number of imidazole rings is 1. The molecule has 0 aliphatic carbocycles. The van der Waals surface area contributed by atoms with Crippen LogP contribution in [0, 0.1) is 0 Å². The summed E-state index contributed by atoms with van der Waals surface area (Å²) >= 11 is 0. The highest BCUT2D eigenvalue weighted by atomic mass is 16.3. The van der Waals surface area contributed by atoms with E-state index in [1.807, 2.05) is 29.3 Å². The summed E-state index contributed by atoms with van der Waals surface area (Å²) in [5.41, 5.74) is 2.63. The van der Waals surface area contributed by atoms with E-state index < -0.39 is 0 Å². The molecule has 5 heteroatoms. The molecule has 1 amide bonds. The van der Waals surface area contributed by atoms with Gasteiger partial charge in [0.1, 0.15) is 11.6 Å². The van der Waals surface area contributed by atoms with Crippen LogP contribution in [-0.2, 0) is 0 Å². The first-order chi connectivity index (χ1) is 12.7. The molecule has 1 aromatic heterocycles. The number of phenolic OH excluding ortho intramolecular Hbond substituents is 1. The summed E-state index contributed by atoms with van der Waals surface area (Å²) in [6.45, 7) is 1.37. The lowest BCUT2D eigenvalue weighted by molar-refractivity contribution is 0.0704. The van der Waals surface area contributed by atoms with E-state index in [0.29, 0.717) is 12.1 Å². The van der Waals surface area contributed by atoms with Gasteiger partial charge in [-0.1, -0.05) is 36.4 Å². The number of aromatic amines is 1. The number of amides is 1. The summed E-state index contributed by atoms with van der Waals surface area (Å²) in [6.07, 6.45) is 3.81. The second-order valence-electron chi connectivity index (χ2n) is 6.69. The third kappa shape index (κ3) is 3.33. The molecule has 3 aromatic rings. The van der Waals surface area contributed by atoms with Crippen LogP contribution in [0.1, 0.15) is 34.9 Å². The maximum absolute atomic E-state index is 12.7. The number of aromatic nitrogens is 2. The van der Waals surface area contributed by atoms with E-state index >= 15 is 0 Å². The summed E-state index contributed by atoms with van der Waals surface area (Å²) in [6, 6.07) is 16.6. The van der Waals surface area contributed by atoms with E-state index in [2.05, 4.69) is 22.1 Å². The van der Waals surface area contributed by atoms with Crippen LogP contribution in [0.2, 0.25) is 0 Å². The van der Waals surface area contributed by atoms with Crippen LogP contribution < -0.4 is 0 Å². The van der Waals surface area contributed by atoms with E-state index in [1.54, 1.807) is 18.2 Å². The van der Waals surface area contributed by atoms with E-state index in [0.717, 1.165) is 36.5 Å². The molecule has 0 bridgehead atoms. The lowest BCUT2D eigenvalue weighted by Crippen LogP contribution is -2.39. The number of rotatable bonds is 3. The third-order valence-electron chi connectivity index (χ3n) is 4.87. The van der Waals surface area contributed by atoms with Crippen molar-refractivity contribution in [3.8, 4) is 17.0 Å². The molecular formula is C21H21N3O2. The highest BCUT2D eigenvalue weighted by molar-refractivity contribution is 5.94. The highest BCUT2D eigenvalue weighted by Gasteiger charge is 2.27. The van der Waals surface area contributed by atoms with Gasteiger partial charge in [0.05, 0.1) is 11.9 Å². The van der Waals surface area contributed by atoms with Crippen molar-refractivity contribution in [3.05, 3.63) is 72.2 Å². The summed E-state index contributed by atoms with van der Waals surface area (Å²) < 4.78 is 0. The fraction of sp³-hybridized carbons (Fsp3) is 0.238. The molecule has 1 aliphatic heterocycles. The van der Waals surface area contributed by atoms with Crippen LogP contribution in [0.15, 0.2) is 60.8 Å². The average molecular weight is 347 g/mol. The number of nitrogens with one attached hydrogen (secondary N) is 1. The minimum Gasteiger partial charge on any atom is -0.508 e. The molecule has 0 unspecified atom stereocenters. The van der Waals surface area contributed by atoms with E-state index in [1.165, 1.54) is 6.07 Å². The molecule has 5 nitrogen and oxygen atoms in total. The number of H-pyrrole nitrogens is 1. The first-order valence-electron chi connectivity index (χ1n) is 8.89. The fourth-order valence-electron chi connectivity index (χ4n) is 3.51. The van der Waals surface area contributed by atoms with Gasteiger partial charge in [0.2, 0.25) is 0 Å². The third-order valence-corrected chi connectivity index (χ3v) is 4.87. The predicted octanol–water partition coefficient (Wildman–Crippen LogP) is 3.80. The SMILES string of the molecule is O=C(c1cccc(O)c1)N1CCC[C@@H](c2ncc(-c3ccccc3)[nH]2)C1. The maximum atomic E-state index is 12.7. The molecule has 1 aliphatic rings. The van der Waals surface area contributed by atoms with Gasteiger partial charge in [-0.05, 0) is 36.6 Å². The topological polar surface area (TPSA) is 69.2 Å². The Hall–Kier alpha value is -3.08. The molecule has 4 rings (SSSR count). The molecule has 132 valence electrons. The van der Waals surface area contributed by atoms with Crippen LogP contribution in [0.3, 0.4) is 0 Å². The molecule has 1 fully saturated rings. The number of hydrogen-bond acceptors (Lipinski definition) is 3. The number of phenols is 1. The zero-order chi connectivity index (χ0) is 17.9. The number of likely N-dealkylation sites (tertiary alicyclic amines) is 1. The number of carbonyl (C=O) groups is 1. The lowest BCUT2D eigenvalue weighted by Gasteiger charge is -2.32. The number of benzene rings is 2. The second kappa shape index (κ2) is 7.04.